The summed E-state index contributed by atoms with van der Waals surface area (Å²) in [5.41, 5.74) is 0. The molecule has 19 heavy (non-hydrogen) atoms. The lowest BCUT2D eigenvalue weighted by Crippen LogP contribution is -2.48. The minimum atomic E-state index is -4.23. The van der Waals surface area contributed by atoms with Crippen molar-refractivity contribution >= 4 is 52.1 Å². The van der Waals surface area contributed by atoms with Crippen molar-refractivity contribution in [2.45, 2.75) is 12.2 Å². The number of nitrogens with zero attached hydrogens (tertiary/aromatic N) is 1. The lowest BCUT2D eigenvalue weighted by molar-refractivity contribution is -0.187. The molecule has 9 heteroatoms. The van der Waals surface area contributed by atoms with Crippen LogP contribution in [0.2, 0.25) is 0 Å². The number of piperazine rings is 1. The van der Waals surface area contributed by atoms with Gasteiger partial charge in [-0.2, -0.15) is 13.2 Å². The quantitative estimate of drug-likeness (QED) is 0.809. The van der Waals surface area contributed by atoms with E-state index in [9.17, 15) is 13.2 Å². The zero-order valence-corrected chi connectivity index (χ0v) is 13.8. The summed E-state index contributed by atoms with van der Waals surface area (Å²) in [6, 6.07) is 0.181. The number of nitrogens with one attached hydrogen (secondary N) is 1. The number of rotatable bonds is 2. The highest BCUT2D eigenvalue weighted by Gasteiger charge is 2.46. The van der Waals surface area contributed by atoms with Crippen LogP contribution in [0.3, 0.4) is 0 Å². The molecule has 0 bridgehead atoms. The van der Waals surface area contributed by atoms with E-state index in [-0.39, 0.29) is 24.8 Å². The fourth-order valence-electron chi connectivity index (χ4n) is 1.96. The van der Waals surface area contributed by atoms with Gasteiger partial charge in [0, 0.05) is 35.5 Å². The van der Waals surface area contributed by atoms with Crippen LogP contribution >= 0.6 is 52.1 Å². The summed E-state index contributed by atoms with van der Waals surface area (Å²) < 4.78 is 40.1. The van der Waals surface area contributed by atoms with Crippen molar-refractivity contribution in [3.05, 3.63) is 20.8 Å². The summed E-state index contributed by atoms with van der Waals surface area (Å²) in [5.74, 6) is 0. The lowest BCUT2D eigenvalue weighted by Gasteiger charge is -2.35. The van der Waals surface area contributed by atoms with Gasteiger partial charge in [0.1, 0.15) is 6.04 Å². The molecule has 2 heterocycles. The first-order valence-corrected chi connectivity index (χ1v) is 6.92. The molecule has 0 aromatic carbocycles. The molecule has 112 valence electrons. The first-order chi connectivity index (χ1) is 8.00. The van der Waals surface area contributed by atoms with Crippen LogP contribution in [0.1, 0.15) is 10.9 Å². The van der Waals surface area contributed by atoms with Crippen LogP contribution in [0.25, 0.3) is 0 Å². The lowest BCUT2D eigenvalue weighted by atomic mass is 10.1. The first kappa shape index (κ1) is 19.5. The van der Waals surface area contributed by atoms with Crippen molar-refractivity contribution in [2.75, 3.05) is 26.2 Å². The highest BCUT2D eigenvalue weighted by Crippen LogP contribution is 2.43. The standard InChI is InChI=1S/C10H12BrF3N2S.2ClH/c11-7-1-6-17-8(7)9(10(12,13)14)16-4-2-15-3-5-16;;/h1,6,9,15H,2-5H2;2*1H/t9-;;/m1../s1. The summed E-state index contributed by atoms with van der Waals surface area (Å²) in [6.45, 7) is 2.06. The molecule has 0 unspecified atom stereocenters. The fraction of sp³-hybridized carbons (Fsp3) is 0.600. The molecule has 1 N–H and O–H groups in total. The maximum absolute atomic E-state index is 13.2. The predicted molar refractivity (Wildman–Crippen MR) is 79.8 cm³/mol. The molecule has 0 radical (unpaired) electrons. The minimum Gasteiger partial charge on any atom is -0.314 e. The second-order valence-electron chi connectivity index (χ2n) is 3.86. The van der Waals surface area contributed by atoms with Gasteiger partial charge in [-0.1, -0.05) is 0 Å². The molecule has 1 aromatic heterocycles. The third-order valence-electron chi connectivity index (χ3n) is 2.72. The van der Waals surface area contributed by atoms with Gasteiger partial charge in [-0.25, -0.2) is 0 Å². The van der Waals surface area contributed by atoms with E-state index < -0.39 is 12.2 Å². The van der Waals surface area contributed by atoms with E-state index in [4.69, 9.17) is 0 Å². The predicted octanol–water partition coefficient (Wildman–Crippen LogP) is 3.86. The van der Waals surface area contributed by atoms with Gasteiger partial charge < -0.3 is 5.32 Å². The molecule has 0 saturated carbocycles. The van der Waals surface area contributed by atoms with Crippen LogP contribution in [0.4, 0.5) is 13.2 Å². The smallest absolute Gasteiger partial charge is 0.314 e. The first-order valence-electron chi connectivity index (χ1n) is 5.24. The summed E-state index contributed by atoms with van der Waals surface area (Å²) >= 11 is 4.34. The van der Waals surface area contributed by atoms with Crippen molar-refractivity contribution < 1.29 is 13.2 Å². The Hall–Kier alpha value is 0.470. The number of hydrogen-bond donors (Lipinski definition) is 1. The average molecular weight is 402 g/mol. The molecule has 1 aliphatic rings. The molecular formula is C10H14BrCl2F3N2S. The Balaban J connectivity index is 0.00000162. The molecule has 2 nitrogen and oxygen atoms in total. The van der Waals surface area contributed by atoms with E-state index in [1.54, 1.807) is 11.4 Å². The average Bonchev–Trinajstić information content (AvgIpc) is 2.65. The Morgan fingerprint density at radius 1 is 1.26 bits per heavy atom. The Morgan fingerprint density at radius 2 is 1.84 bits per heavy atom. The van der Waals surface area contributed by atoms with E-state index in [1.165, 1.54) is 4.90 Å². The van der Waals surface area contributed by atoms with Crippen molar-refractivity contribution in [3.8, 4) is 0 Å². The summed E-state index contributed by atoms with van der Waals surface area (Å²) in [5, 5.41) is 4.74. The molecule has 1 saturated heterocycles. The number of halogens is 6. The Bertz CT molecular complexity index is 383. The molecular weight excluding hydrogens is 388 g/mol. The topological polar surface area (TPSA) is 15.3 Å². The summed E-state index contributed by atoms with van der Waals surface area (Å²) in [7, 11) is 0. The van der Waals surface area contributed by atoms with Crippen LogP contribution in [0, 0.1) is 0 Å². The highest BCUT2D eigenvalue weighted by molar-refractivity contribution is 9.10. The van der Waals surface area contributed by atoms with Gasteiger partial charge in [-0.05, 0) is 27.4 Å². The van der Waals surface area contributed by atoms with E-state index in [0.29, 0.717) is 35.5 Å². The maximum atomic E-state index is 13.2. The molecule has 0 spiro atoms. The SMILES string of the molecule is Cl.Cl.FC(F)(F)[C@@H](c1sccc1Br)N1CCNCC1. The van der Waals surface area contributed by atoms with Crippen LogP contribution in [0.15, 0.2) is 15.9 Å². The number of thiophene rings is 1. The normalized spacial score (nSPS) is 18.3. The van der Waals surface area contributed by atoms with Gasteiger partial charge in [0.05, 0.1) is 0 Å². The minimum absolute atomic E-state index is 0. The number of hydrogen-bond acceptors (Lipinski definition) is 3. The number of alkyl halides is 3. The molecule has 0 aliphatic carbocycles. The molecule has 1 atom stereocenters. The Morgan fingerprint density at radius 3 is 2.26 bits per heavy atom. The van der Waals surface area contributed by atoms with Crippen molar-refractivity contribution in [1.29, 1.82) is 0 Å². The summed E-state index contributed by atoms with van der Waals surface area (Å²) in [4.78, 5) is 1.84. The van der Waals surface area contributed by atoms with Gasteiger partial charge in [0.15, 0.2) is 0 Å². The van der Waals surface area contributed by atoms with Gasteiger partial charge in [0.25, 0.3) is 0 Å². The zero-order valence-electron chi connectivity index (χ0n) is 9.74. The second-order valence-corrected chi connectivity index (χ2v) is 5.66. The van der Waals surface area contributed by atoms with E-state index in [2.05, 4.69) is 21.2 Å². The van der Waals surface area contributed by atoms with Crippen LogP contribution in [-0.2, 0) is 0 Å². The van der Waals surface area contributed by atoms with Gasteiger partial charge in [-0.15, -0.1) is 36.2 Å². The molecule has 0 amide bonds. The van der Waals surface area contributed by atoms with E-state index in [0.717, 1.165) is 11.3 Å². The van der Waals surface area contributed by atoms with Crippen LogP contribution in [0.5, 0.6) is 0 Å². The summed E-state index contributed by atoms with van der Waals surface area (Å²) in [6.07, 6.45) is -4.23. The van der Waals surface area contributed by atoms with Gasteiger partial charge in [-0.3, -0.25) is 4.90 Å². The maximum Gasteiger partial charge on any atom is 0.408 e. The van der Waals surface area contributed by atoms with Crippen molar-refractivity contribution in [2.24, 2.45) is 0 Å². The third-order valence-corrected chi connectivity index (χ3v) is 4.64. The molecule has 1 aromatic rings. The third kappa shape index (κ3) is 4.75. The van der Waals surface area contributed by atoms with Gasteiger partial charge in [0.2, 0.25) is 0 Å². The molecule has 1 fully saturated rings. The highest BCUT2D eigenvalue weighted by atomic mass is 79.9. The molecule has 1 aliphatic heterocycles. The zero-order chi connectivity index (χ0) is 12.5. The van der Waals surface area contributed by atoms with E-state index in [1.807, 2.05) is 0 Å². The fourth-order valence-corrected chi connectivity index (χ4v) is 3.71. The van der Waals surface area contributed by atoms with Crippen molar-refractivity contribution in [1.82, 2.24) is 10.2 Å². The van der Waals surface area contributed by atoms with Crippen molar-refractivity contribution in [3.63, 3.8) is 0 Å². The molecule has 2 rings (SSSR count). The van der Waals surface area contributed by atoms with Gasteiger partial charge >= 0.3 is 6.18 Å². The van der Waals surface area contributed by atoms with Crippen LogP contribution in [-0.4, -0.2) is 37.3 Å². The largest absolute Gasteiger partial charge is 0.408 e. The van der Waals surface area contributed by atoms with Crippen LogP contribution < -0.4 is 5.32 Å². The Labute approximate surface area is 134 Å². The van der Waals surface area contributed by atoms with E-state index >= 15 is 0 Å². The monoisotopic (exact) mass is 400 g/mol. The second kappa shape index (κ2) is 8.05. The Kier molecular flexibility index (Phi) is 8.24.